The van der Waals surface area contributed by atoms with Gasteiger partial charge in [0.1, 0.15) is 6.10 Å². The van der Waals surface area contributed by atoms with E-state index in [1.807, 2.05) is 19.1 Å². The topological polar surface area (TPSA) is 33.1 Å². The molecule has 0 saturated heterocycles. The summed E-state index contributed by atoms with van der Waals surface area (Å²) in [7, 11) is 0. The van der Waals surface area contributed by atoms with Gasteiger partial charge >= 0.3 is 0 Å². The van der Waals surface area contributed by atoms with Crippen molar-refractivity contribution in [2.75, 3.05) is 0 Å². The van der Waals surface area contributed by atoms with Gasteiger partial charge in [-0.05, 0) is 24.6 Å². The van der Waals surface area contributed by atoms with E-state index in [0.717, 1.165) is 5.56 Å². The van der Waals surface area contributed by atoms with E-state index in [9.17, 15) is 5.11 Å². The summed E-state index contributed by atoms with van der Waals surface area (Å²) in [4.78, 5) is 4.01. The van der Waals surface area contributed by atoms with Gasteiger partial charge in [-0.3, -0.25) is 4.98 Å². The predicted octanol–water partition coefficient (Wildman–Crippen LogP) is 1.45. The summed E-state index contributed by atoms with van der Waals surface area (Å²) in [5.41, 5.74) is 1.73. The van der Waals surface area contributed by atoms with E-state index in [2.05, 4.69) is 10.9 Å². The molecular formula is C10H11NO. The van der Waals surface area contributed by atoms with Crippen LogP contribution in [0.15, 0.2) is 18.3 Å². The van der Waals surface area contributed by atoms with Gasteiger partial charge in [-0.25, -0.2) is 0 Å². The van der Waals surface area contributed by atoms with E-state index in [0.29, 0.717) is 12.1 Å². The fourth-order valence-electron chi connectivity index (χ4n) is 0.958. The SMILES string of the molecule is C#CCC(O)c1cc(C)ccn1. The van der Waals surface area contributed by atoms with Gasteiger partial charge in [0.05, 0.1) is 5.69 Å². The molecule has 0 amide bonds. The lowest BCUT2D eigenvalue weighted by Crippen LogP contribution is -1.99. The van der Waals surface area contributed by atoms with Crippen LogP contribution in [0.3, 0.4) is 0 Å². The fourth-order valence-corrected chi connectivity index (χ4v) is 0.958. The van der Waals surface area contributed by atoms with Crippen LogP contribution in [0.5, 0.6) is 0 Å². The third-order valence-corrected chi connectivity index (χ3v) is 1.59. The average Bonchev–Trinajstić information content (AvgIpc) is 2.05. The second-order valence-corrected chi connectivity index (χ2v) is 2.68. The molecule has 1 N–H and O–H groups in total. The quantitative estimate of drug-likeness (QED) is 0.666. The number of pyridine rings is 1. The standard InChI is InChI=1S/C10H11NO/c1-3-4-10(12)9-7-8(2)5-6-11-9/h1,5-7,10,12H,4H2,2H3. The average molecular weight is 161 g/mol. The summed E-state index contributed by atoms with van der Waals surface area (Å²) in [6, 6.07) is 3.72. The Hall–Kier alpha value is -1.33. The molecule has 2 heteroatoms. The summed E-state index contributed by atoms with van der Waals surface area (Å²) in [6.07, 6.45) is 6.42. The summed E-state index contributed by atoms with van der Waals surface area (Å²) in [6.45, 7) is 1.95. The Morgan fingerprint density at radius 1 is 1.75 bits per heavy atom. The van der Waals surface area contributed by atoms with Crippen molar-refractivity contribution in [3.63, 3.8) is 0 Å². The maximum atomic E-state index is 9.44. The second-order valence-electron chi connectivity index (χ2n) is 2.68. The van der Waals surface area contributed by atoms with Gasteiger partial charge in [-0.2, -0.15) is 0 Å². The summed E-state index contributed by atoms with van der Waals surface area (Å²) in [5.74, 6) is 2.40. The molecule has 0 aliphatic carbocycles. The highest BCUT2D eigenvalue weighted by atomic mass is 16.3. The third-order valence-electron chi connectivity index (χ3n) is 1.59. The number of rotatable bonds is 2. The highest BCUT2D eigenvalue weighted by Gasteiger charge is 2.06. The van der Waals surface area contributed by atoms with Crippen LogP contribution in [-0.2, 0) is 0 Å². The lowest BCUT2D eigenvalue weighted by molar-refractivity contribution is 0.179. The molecule has 0 radical (unpaired) electrons. The molecule has 1 aromatic heterocycles. The van der Waals surface area contributed by atoms with E-state index >= 15 is 0 Å². The Kier molecular flexibility index (Phi) is 2.84. The van der Waals surface area contributed by atoms with Crippen molar-refractivity contribution in [3.05, 3.63) is 29.6 Å². The predicted molar refractivity (Wildman–Crippen MR) is 47.4 cm³/mol. The van der Waals surface area contributed by atoms with Crippen LogP contribution in [-0.4, -0.2) is 10.1 Å². The van der Waals surface area contributed by atoms with Crippen LogP contribution >= 0.6 is 0 Å². The molecule has 1 unspecified atom stereocenters. The molecule has 1 heterocycles. The van der Waals surface area contributed by atoms with Crippen molar-refractivity contribution < 1.29 is 5.11 Å². The minimum Gasteiger partial charge on any atom is -0.386 e. The zero-order valence-corrected chi connectivity index (χ0v) is 6.99. The molecule has 0 spiro atoms. The van der Waals surface area contributed by atoms with Crippen LogP contribution in [0.4, 0.5) is 0 Å². The molecule has 62 valence electrons. The van der Waals surface area contributed by atoms with Crippen LogP contribution in [0, 0.1) is 19.3 Å². The molecule has 1 rings (SSSR count). The summed E-state index contributed by atoms with van der Waals surface area (Å²) >= 11 is 0. The fraction of sp³-hybridized carbons (Fsp3) is 0.300. The number of aromatic nitrogens is 1. The minimum absolute atomic E-state index is 0.316. The first-order valence-corrected chi connectivity index (χ1v) is 3.78. The molecule has 12 heavy (non-hydrogen) atoms. The summed E-state index contributed by atoms with van der Waals surface area (Å²) < 4.78 is 0. The van der Waals surface area contributed by atoms with Crippen molar-refractivity contribution >= 4 is 0 Å². The van der Waals surface area contributed by atoms with Crippen LogP contribution in [0.2, 0.25) is 0 Å². The van der Waals surface area contributed by atoms with Crippen molar-refractivity contribution in [1.82, 2.24) is 4.98 Å². The number of hydrogen-bond acceptors (Lipinski definition) is 2. The molecule has 0 aliphatic rings. The smallest absolute Gasteiger partial charge is 0.107 e. The first-order chi connectivity index (χ1) is 5.74. The Morgan fingerprint density at radius 3 is 3.08 bits per heavy atom. The first kappa shape index (κ1) is 8.76. The number of aliphatic hydroxyl groups excluding tert-OH is 1. The van der Waals surface area contributed by atoms with Crippen LogP contribution < -0.4 is 0 Å². The van der Waals surface area contributed by atoms with E-state index in [1.165, 1.54) is 0 Å². The van der Waals surface area contributed by atoms with Gasteiger partial charge < -0.3 is 5.11 Å². The molecule has 0 bridgehead atoms. The molecule has 2 nitrogen and oxygen atoms in total. The van der Waals surface area contributed by atoms with Gasteiger partial charge in [-0.1, -0.05) is 0 Å². The first-order valence-electron chi connectivity index (χ1n) is 3.78. The summed E-state index contributed by atoms with van der Waals surface area (Å²) in [5, 5.41) is 9.44. The van der Waals surface area contributed by atoms with Gasteiger partial charge in [0.25, 0.3) is 0 Å². The number of nitrogens with zero attached hydrogens (tertiary/aromatic N) is 1. The lowest BCUT2D eigenvalue weighted by Gasteiger charge is -2.05. The van der Waals surface area contributed by atoms with Gasteiger partial charge in [-0.15, -0.1) is 12.3 Å². The van der Waals surface area contributed by atoms with Gasteiger partial charge in [0, 0.05) is 12.6 Å². The van der Waals surface area contributed by atoms with Gasteiger partial charge in [0.15, 0.2) is 0 Å². The molecule has 0 aliphatic heterocycles. The van der Waals surface area contributed by atoms with E-state index < -0.39 is 6.10 Å². The van der Waals surface area contributed by atoms with Crippen molar-refractivity contribution in [3.8, 4) is 12.3 Å². The zero-order chi connectivity index (χ0) is 8.97. The largest absolute Gasteiger partial charge is 0.386 e. The molecule has 0 saturated carbocycles. The molecule has 0 fully saturated rings. The molecular weight excluding hydrogens is 150 g/mol. The maximum Gasteiger partial charge on any atom is 0.107 e. The van der Waals surface area contributed by atoms with E-state index in [-0.39, 0.29) is 0 Å². The Morgan fingerprint density at radius 2 is 2.50 bits per heavy atom. The number of aliphatic hydroxyl groups is 1. The maximum absolute atomic E-state index is 9.44. The molecule has 1 atom stereocenters. The highest BCUT2D eigenvalue weighted by Crippen LogP contribution is 2.13. The van der Waals surface area contributed by atoms with E-state index in [1.54, 1.807) is 6.20 Å². The number of aryl methyl sites for hydroxylation is 1. The van der Waals surface area contributed by atoms with Crippen LogP contribution in [0.25, 0.3) is 0 Å². The second kappa shape index (κ2) is 3.89. The van der Waals surface area contributed by atoms with Gasteiger partial charge in [0.2, 0.25) is 0 Å². The normalized spacial score (nSPS) is 12.1. The minimum atomic E-state index is -0.630. The van der Waals surface area contributed by atoms with E-state index in [4.69, 9.17) is 6.42 Å². The number of terminal acetylenes is 1. The lowest BCUT2D eigenvalue weighted by atomic mass is 10.1. The van der Waals surface area contributed by atoms with Crippen molar-refractivity contribution in [1.29, 1.82) is 0 Å². The number of hydrogen-bond donors (Lipinski definition) is 1. The van der Waals surface area contributed by atoms with Crippen molar-refractivity contribution in [2.24, 2.45) is 0 Å². The van der Waals surface area contributed by atoms with Crippen molar-refractivity contribution in [2.45, 2.75) is 19.4 Å². The third kappa shape index (κ3) is 2.08. The molecule has 1 aromatic rings. The molecule has 0 aromatic carbocycles. The Labute approximate surface area is 72.3 Å². The highest BCUT2D eigenvalue weighted by molar-refractivity contribution is 5.17. The monoisotopic (exact) mass is 161 g/mol. The van der Waals surface area contributed by atoms with Crippen LogP contribution in [0.1, 0.15) is 23.8 Å². The Balaban J connectivity index is 2.82. The zero-order valence-electron chi connectivity index (χ0n) is 6.99. The Bertz CT molecular complexity index is 301.